The van der Waals surface area contributed by atoms with Gasteiger partial charge < -0.3 is 5.32 Å². The Morgan fingerprint density at radius 2 is 2.27 bits per heavy atom. The van der Waals surface area contributed by atoms with Crippen molar-refractivity contribution < 1.29 is 4.79 Å². The quantitative estimate of drug-likeness (QED) is 0.798. The van der Waals surface area contributed by atoms with E-state index in [9.17, 15) is 4.79 Å². The van der Waals surface area contributed by atoms with Gasteiger partial charge in [-0.2, -0.15) is 5.10 Å². The van der Waals surface area contributed by atoms with Gasteiger partial charge in [0.25, 0.3) is 0 Å². The first-order chi connectivity index (χ1) is 7.16. The molecule has 0 aliphatic heterocycles. The van der Waals surface area contributed by atoms with Crippen LogP contribution in [0.25, 0.3) is 0 Å². The molecule has 1 fully saturated rings. The van der Waals surface area contributed by atoms with Crippen LogP contribution in [0.1, 0.15) is 37.1 Å². The summed E-state index contributed by atoms with van der Waals surface area (Å²) >= 11 is 0. The Labute approximate surface area is 89.5 Å². The zero-order chi connectivity index (χ0) is 10.8. The van der Waals surface area contributed by atoms with Crippen molar-refractivity contribution in [3.63, 3.8) is 0 Å². The summed E-state index contributed by atoms with van der Waals surface area (Å²) in [4.78, 5) is 11.7. The molecule has 2 N–H and O–H groups in total. The van der Waals surface area contributed by atoms with Crippen molar-refractivity contribution in [2.75, 3.05) is 5.32 Å². The Balaban J connectivity index is 1.93. The van der Waals surface area contributed by atoms with Gasteiger partial charge in [-0.05, 0) is 32.6 Å². The van der Waals surface area contributed by atoms with E-state index < -0.39 is 0 Å². The molecule has 1 aliphatic carbocycles. The lowest BCUT2D eigenvalue weighted by atomic mass is 9.83. The number of aromatic amines is 1. The molecule has 0 radical (unpaired) electrons. The highest BCUT2D eigenvalue weighted by Gasteiger charge is 2.21. The molecule has 1 amide bonds. The van der Waals surface area contributed by atoms with Gasteiger partial charge in [-0.25, -0.2) is 0 Å². The molecule has 1 heterocycles. The lowest BCUT2D eigenvalue weighted by molar-refractivity contribution is -0.117. The summed E-state index contributed by atoms with van der Waals surface area (Å²) in [5.41, 5.74) is 2.63. The number of anilines is 1. The normalized spacial score (nSPS) is 16.1. The van der Waals surface area contributed by atoms with E-state index in [-0.39, 0.29) is 5.91 Å². The number of amides is 1. The van der Waals surface area contributed by atoms with Gasteiger partial charge in [-0.3, -0.25) is 9.89 Å². The molecule has 0 bridgehead atoms. The van der Waals surface area contributed by atoms with E-state index in [2.05, 4.69) is 15.5 Å². The topological polar surface area (TPSA) is 57.8 Å². The second-order valence-electron chi connectivity index (χ2n) is 4.36. The molecule has 4 heteroatoms. The number of nitrogens with one attached hydrogen (secondary N) is 2. The minimum absolute atomic E-state index is 0.118. The molecule has 0 atom stereocenters. The molecule has 4 nitrogen and oxygen atoms in total. The van der Waals surface area contributed by atoms with Crippen LogP contribution in [0.3, 0.4) is 0 Å². The van der Waals surface area contributed by atoms with E-state index in [1.165, 1.54) is 19.3 Å². The number of rotatable bonds is 3. The van der Waals surface area contributed by atoms with Crippen LogP contribution in [0.15, 0.2) is 0 Å². The van der Waals surface area contributed by atoms with E-state index in [1.807, 2.05) is 13.8 Å². The molecule has 15 heavy (non-hydrogen) atoms. The van der Waals surface area contributed by atoms with Crippen LogP contribution >= 0.6 is 0 Å². The number of hydrogen-bond donors (Lipinski definition) is 2. The van der Waals surface area contributed by atoms with Crippen molar-refractivity contribution in [2.24, 2.45) is 5.92 Å². The van der Waals surface area contributed by atoms with Crippen LogP contribution in [-0.2, 0) is 4.79 Å². The smallest absolute Gasteiger partial charge is 0.224 e. The summed E-state index contributed by atoms with van der Waals surface area (Å²) in [6.45, 7) is 3.81. The van der Waals surface area contributed by atoms with Gasteiger partial charge in [0.15, 0.2) is 0 Å². The Kier molecular flexibility index (Phi) is 2.75. The standard InChI is InChI=1S/C11H17N3O/c1-7-11(8(2)14-13-7)12-10(15)6-9-4-3-5-9/h9H,3-6H2,1-2H3,(H,12,15)(H,13,14). The van der Waals surface area contributed by atoms with Crippen molar-refractivity contribution in [2.45, 2.75) is 39.5 Å². The van der Waals surface area contributed by atoms with Gasteiger partial charge in [0, 0.05) is 6.42 Å². The summed E-state index contributed by atoms with van der Waals surface area (Å²) in [6.07, 6.45) is 4.35. The Morgan fingerprint density at radius 3 is 2.73 bits per heavy atom. The van der Waals surface area contributed by atoms with E-state index in [1.54, 1.807) is 0 Å². The summed E-state index contributed by atoms with van der Waals surface area (Å²) < 4.78 is 0. The van der Waals surface area contributed by atoms with Gasteiger partial charge in [-0.15, -0.1) is 0 Å². The number of hydrogen-bond acceptors (Lipinski definition) is 2. The molecular formula is C11H17N3O. The second kappa shape index (κ2) is 4.04. The largest absolute Gasteiger partial charge is 0.323 e. The molecule has 0 aromatic carbocycles. The number of H-pyrrole nitrogens is 1. The van der Waals surface area contributed by atoms with Crippen molar-refractivity contribution >= 4 is 11.6 Å². The first kappa shape index (κ1) is 10.2. The van der Waals surface area contributed by atoms with E-state index >= 15 is 0 Å². The molecule has 1 aromatic heterocycles. The van der Waals surface area contributed by atoms with Crippen molar-refractivity contribution in [3.05, 3.63) is 11.4 Å². The van der Waals surface area contributed by atoms with Gasteiger partial charge in [-0.1, -0.05) is 6.42 Å². The van der Waals surface area contributed by atoms with Crippen LogP contribution < -0.4 is 5.32 Å². The Bertz CT molecular complexity index is 346. The monoisotopic (exact) mass is 207 g/mol. The first-order valence-corrected chi connectivity index (χ1v) is 5.48. The van der Waals surface area contributed by atoms with Gasteiger partial charge in [0.05, 0.1) is 17.1 Å². The predicted molar refractivity (Wildman–Crippen MR) is 58.6 cm³/mol. The molecule has 1 saturated carbocycles. The minimum Gasteiger partial charge on any atom is -0.323 e. The molecule has 0 saturated heterocycles. The summed E-state index contributed by atoms with van der Waals surface area (Å²) in [7, 11) is 0. The van der Waals surface area contributed by atoms with Crippen LogP contribution in [-0.4, -0.2) is 16.1 Å². The van der Waals surface area contributed by atoms with Crippen LogP contribution in [0, 0.1) is 19.8 Å². The first-order valence-electron chi connectivity index (χ1n) is 5.48. The maximum absolute atomic E-state index is 11.7. The summed E-state index contributed by atoms with van der Waals surface area (Å²) in [5, 5.41) is 9.83. The van der Waals surface area contributed by atoms with Crippen molar-refractivity contribution in [1.82, 2.24) is 10.2 Å². The molecule has 82 valence electrons. The van der Waals surface area contributed by atoms with Crippen LogP contribution in [0.4, 0.5) is 5.69 Å². The SMILES string of the molecule is Cc1n[nH]c(C)c1NC(=O)CC1CCC1. The van der Waals surface area contributed by atoms with Crippen molar-refractivity contribution in [3.8, 4) is 0 Å². The fraction of sp³-hybridized carbons (Fsp3) is 0.636. The van der Waals surface area contributed by atoms with Crippen LogP contribution in [0.5, 0.6) is 0 Å². The van der Waals surface area contributed by atoms with E-state index in [0.29, 0.717) is 12.3 Å². The fourth-order valence-corrected chi connectivity index (χ4v) is 1.88. The van der Waals surface area contributed by atoms with Gasteiger partial charge >= 0.3 is 0 Å². The molecule has 0 spiro atoms. The highest BCUT2D eigenvalue weighted by molar-refractivity contribution is 5.92. The summed E-state index contributed by atoms with van der Waals surface area (Å²) in [5.74, 6) is 0.727. The van der Waals surface area contributed by atoms with Crippen molar-refractivity contribution in [1.29, 1.82) is 0 Å². The zero-order valence-corrected chi connectivity index (χ0v) is 9.26. The minimum atomic E-state index is 0.118. The highest BCUT2D eigenvalue weighted by Crippen LogP contribution is 2.29. The summed E-state index contributed by atoms with van der Waals surface area (Å²) in [6, 6.07) is 0. The maximum Gasteiger partial charge on any atom is 0.224 e. The number of aryl methyl sites for hydroxylation is 2. The lowest BCUT2D eigenvalue weighted by Gasteiger charge is -2.24. The molecule has 0 unspecified atom stereocenters. The van der Waals surface area contributed by atoms with E-state index in [4.69, 9.17) is 0 Å². The van der Waals surface area contributed by atoms with Gasteiger partial charge in [0.1, 0.15) is 0 Å². The average molecular weight is 207 g/mol. The number of carbonyl (C=O) groups is 1. The van der Waals surface area contributed by atoms with Gasteiger partial charge in [0.2, 0.25) is 5.91 Å². The Morgan fingerprint density at radius 1 is 1.53 bits per heavy atom. The highest BCUT2D eigenvalue weighted by atomic mass is 16.1. The third-order valence-electron chi connectivity index (χ3n) is 3.09. The zero-order valence-electron chi connectivity index (χ0n) is 9.26. The fourth-order valence-electron chi connectivity index (χ4n) is 1.88. The number of carbonyl (C=O) groups excluding carboxylic acids is 1. The van der Waals surface area contributed by atoms with Crippen LogP contribution in [0.2, 0.25) is 0 Å². The molecule has 1 aromatic rings. The number of nitrogens with zero attached hydrogens (tertiary/aromatic N) is 1. The average Bonchev–Trinajstić information content (AvgIpc) is 2.43. The lowest BCUT2D eigenvalue weighted by Crippen LogP contribution is -2.21. The molecule has 1 aliphatic rings. The Hall–Kier alpha value is -1.32. The maximum atomic E-state index is 11.7. The predicted octanol–water partition coefficient (Wildman–Crippen LogP) is 2.16. The number of aromatic nitrogens is 2. The third-order valence-corrected chi connectivity index (χ3v) is 3.09. The second-order valence-corrected chi connectivity index (χ2v) is 4.36. The third kappa shape index (κ3) is 2.19. The van der Waals surface area contributed by atoms with E-state index in [0.717, 1.165) is 17.1 Å². The molecular weight excluding hydrogens is 190 g/mol. The molecule has 2 rings (SSSR count).